The number of nitro groups is 1. The number of amides is 1. The lowest BCUT2D eigenvalue weighted by Crippen LogP contribution is -2.34. The number of nitrogens with zero attached hydrogens (tertiary/aromatic N) is 2. The molecule has 0 bridgehead atoms. The number of carbonyl (C=O) groups is 2. The Morgan fingerprint density at radius 1 is 1.07 bits per heavy atom. The number of rotatable bonds is 8. The molecule has 0 aliphatic rings. The first kappa shape index (κ1) is 20.7. The quantitative estimate of drug-likeness (QED) is 0.389. The Hall–Kier alpha value is -3.62. The molecule has 0 N–H and O–H groups in total. The lowest BCUT2D eigenvalue weighted by atomic mass is 10.1. The van der Waals surface area contributed by atoms with E-state index in [4.69, 9.17) is 14.2 Å². The van der Waals surface area contributed by atoms with E-state index in [2.05, 4.69) is 0 Å². The summed E-state index contributed by atoms with van der Waals surface area (Å²) in [7, 11) is 2.66. The van der Waals surface area contributed by atoms with Gasteiger partial charge in [0.2, 0.25) is 0 Å². The van der Waals surface area contributed by atoms with Gasteiger partial charge in [-0.25, -0.2) is 4.79 Å². The van der Waals surface area contributed by atoms with Crippen molar-refractivity contribution in [1.82, 2.24) is 0 Å². The molecule has 9 nitrogen and oxygen atoms in total. The first-order valence-electron chi connectivity index (χ1n) is 8.35. The molecule has 0 aliphatic heterocycles. The molecule has 2 aromatic carbocycles. The van der Waals surface area contributed by atoms with Crippen LogP contribution in [-0.4, -0.2) is 44.2 Å². The second-order valence-corrected chi connectivity index (χ2v) is 5.53. The molecule has 0 fully saturated rings. The van der Waals surface area contributed by atoms with Crippen molar-refractivity contribution in [2.75, 3.05) is 32.3 Å². The zero-order chi connectivity index (χ0) is 20.7. The van der Waals surface area contributed by atoms with Crippen molar-refractivity contribution in [3.8, 4) is 11.5 Å². The van der Waals surface area contributed by atoms with E-state index in [1.54, 1.807) is 31.2 Å². The number of para-hydroxylation sites is 1. The van der Waals surface area contributed by atoms with Gasteiger partial charge in [-0.15, -0.1) is 0 Å². The summed E-state index contributed by atoms with van der Waals surface area (Å²) in [5.74, 6) is -1.23. The maximum absolute atomic E-state index is 12.4. The van der Waals surface area contributed by atoms with E-state index in [0.717, 1.165) is 12.1 Å². The number of ether oxygens (including phenoxy) is 3. The Bertz CT molecular complexity index is 868. The Balaban J connectivity index is 2.20. The van der Waals surface area contributed by atoms with Gasteiger partial charge in [0.1, 0.15) is 5.56 Å². The van der Waals surface area contributed by atoms with Gasteiger partial charge in [-0.2, -0.15) is 0 Å². The summed E-state index contributed by atoms with van der Waals surface area (Å²) in [6, 6.07) is 11.1. The van der Waals surface area contributed by atoms with Gasteiger partial charge in [0.25, 0.3) is 11.6 Å². The normalized spacial score (nSPS) is 10.1. The molecule has 1 amide bonds. The predicted octanol–water partition coefficient (Wildman–Crippen LogP) is 2.82. The van der Waals surface area contributed by atoms with Crippen LogP contribution in [0.5, 0.6) is 11.5 Å². The topological polar surface area (TPSA) is 108 Å². The van der Waals surface area contributed by atoms with Crippen molar-refractivity contribution in [1.29, 1.82) is 0 Å². The Kier molecular flexibility index (Phi) is 6.91. The summed E-state index contributed by atoms with van der Waals surface area (Å²) >= 11 is 0. The average Bonchev–Trinajstić information content (AvgIpc) is 2.72. The first-order chi connectivity index (χ1) is 13.4. The van der Waals surface area contributed by atoms with E-state index in [9.17, 15) is 19.7 Å². The van der Waals surface area contributed by atoms with Crippen molar-refractivity contribution < 1.29 is 28.7 Å². The van der Waals surface area contributed by atoms with E-state index < -0.39 is 29.1 Å². The molecule has 0 atom stereocenters. The van der Waals surface area contributed by atoms with Crippen LogP contribution in [0.25, 0.3) is 0 Å². The fourth-order valence-electron chi connectivity index (χ4n) is 2.58. The van der Waals surface area contributed by atoms with Crippen LogP contribution >= 0.6 is 0 Å². The number of hydrogen-bond donors (Lipinski definition) is 0. The van der Waals surface area contributed by atoms with Crippen molar-refractivity contribution in [3.63, 3.8) is 0 Å². The number of anilines is 1. The molecule has 28 heavy (non-hydrogen) atoms. The molecule has 0 radical (unpaired) electrons. The van der Waals surface area contributed by atoms with Gasteiger partial charge in [-0.05, 0) is 19.1 Å². The third kappa shape index (κ3) is 4.56. The lowest BCUT2D eigenvalue weighted by molar-refractivity contribution is -0.385. The highest BCUT2D eigenvalue weighted by molar-refractivity contribution is 5.99. The van der Waals surface area contributed by atoms with Crippen molar-refractivity contribution in [2.24, 2.45) is 0 Å². The van der Waals surface area contributed by atoms with Crippen molar-refractivity contribution in [2.45, 2.75) is 6.92 Å². The number of carbonyl (C=O) groups excluding carboxylic acids is 2. The molecule has 9 heteroatoms. The van der Waals surface area contributed by atoms with E-state index in [1.807, 2.05) is 6.07 Å². The van der Waals surface area contributed by atoms with Crippen LogP contribution in [0.2, 0.25) is 0 Å². The Morgan fingerprint density at radius 3 is 2.21 bits per heavy atom. The summed E-state index contributed by atoms with van der Waals surface area (Å²) < 4.78 is 15.1. The monoisotopic (exact) mass is 388 g/mol. The molecule has 0 aliphatic carbocycles. The number of esters is 1. The maximum Gasteiger partial charge on any atom is 0.345 e. The molecular weight excluding hydrogens is 368 g/mol. The van der Waals surface area contributed by atoms with E-state index in [0.29, 0.717) is 12.2 Å². The second kappa shape index (κ2) is 9.36. The molecule has 0 aromatic heterocycles. The molecule has 0 saturated heterocycles. The van der Waals surface area contributed by atoms with Crippen LogP contribution in [0, 0.1) is 10.1 Å². The van der Waals surface area contributed by atoms with Gasteiger partial charge in [0.05, 0.1) is 25.2 Å². The van der Waals surface area contributed by atoms with Crippen LogP contribution in [0.3, 0.4) is 0 Å². The van der Waals surface area contributed by atoms with Crippen LogP contribution in [0.1, 0.15) is 17.3 Å². The van der Waals surface area contributed by atoms with Crippen molar-refractivity contribution in [3.05, 3.63) is 58.1 Å². The fourth-order valence-corrected chi connectivity index (χ4v) is 2.58. The highest BCUT2D eigenvalue weighted by Gasteiger charge is 2.26. The largest absolute Gasteiger partial charge is 0.493 e. The molecule has 2 rings (SSSR count). The van der Waals surface area contributed by atoms with Crippen molar-refractivity contribution >= 4 is 23.3 Å². The average molecular weight is 388 g/mol. The van der Waals surface area contributed by atoms with Crippen LogP contribution in [0.4, 0.5) is 11.4 Å². The van der Waals surface area contributed by atoms with Gasteiger partial charge in [0, 0.05) is 18.3 Å². The minimum absolute atomic E-state index is 0.100. The molecule has 0 saturated carbocycles. The van der Waals surface area contributed by atoms with Crippen LogP contribution in [0.15, 0.2) is 42.5 Å². The highest BCUT2D eigenvalue weighted by Crippen LogP contribution is 2.34. The fraction of sp³-hybridized carbons (Fsp3) is 0.263. The molecule has 0 heterocycles. The maximum atomic E-state index is 12.4. The minimum atomic E-state index is -1.01. The van der Waals surface area contributed by atoms with Crippen LogP contribution < -0.4 is 14.4 Å². The third-order valence-electron chi connectivity index (χ3n) is 3.93. The summed E-state index contributed by atoms with van der Waals surface area (Å²) in [5, 5.41) is 11.3. The second-order valence-electron chi connectivity index (χ2n) is 5.53. The third-order valence-corrected chi connectivity index (χ3v) is 3.93. The zero-order valence-corrected chi connectivity index (χ0v) is 15.7. The number of benzene rings is 2. The summed E-state index contributed by atoms with van der Waals surface area (Å²) in [6.45, 7) is 1.59. The van der Waals surface area contributed by atoms with Crippen LogP contribution in [-0.2, 0) is 9.53 Å². The van der Waals surface area contributed by atoms with Gasteiger partial charge < -0.3 is 19.1 Å². The molecule has 0 unspecified atom stereocenters. The number of hydrogen-bond acceptors (Lipinski definition) is 7. The van der Waals surface area contributed by atoms with E-state index in [-0.39, 0.29) is 17.1 Å². The summed E-state index contributed by atoms with van der Waals surface area (Å²) in [6.07, 6.45) is 0. The minimum Gasteiger partial charge on any atom is -0.493 e. The first-order valence-corrected chi connectivity index (χ1v) is 8.35. The predicted molar refractivity (Wildman–Crippen MR) is 101 cm³/mol. The smallest absolute Gasteiger partial charge is 0.345 e. The molecular formula is C19H20N2O7. The van der Waals surface area contributed by atoms with Gasteiger partial charge in [0.15, 0.2) is 18.1 Å². The number of likely N-dealkylation sites (N-methyl/N-ethyl adjacent to an activating group) is 1. The van der Waals surface area contributed by atoms with E-state index in [1.165, 1.54) is 19.1 Å². The number of methoxy groups -OCH3 is 2. The Labute approximate surface area is 161 Å². The molecule has 148 valence electrons. The summed E-state index contributed by atoms with van der Waals surface area (Å²) in [4.78, 5) is 36.8. The highest BCUT2D eigenvalue weighted by atomic mass is 16.6. The summed E-state index contributed by atoms with van der Waals surface area (Å²) in [5.41, 5.74) is -0.188. The van der Waals surface area contributed by atoms with E-state index >= 15 is 0 Å². The SMILES string of the molecule is CCN(C(=O)COC(=O)c1cc(OC)c(OC)cc1[N+](=O)[O-])c1ccccc1. The standard InChI is InChI=1S/C19H20N2O7/c1-4-20(13-8-6-5-7-9-13)18(22)12-28-19(23)14-10-16(26-2)17(27-3)11-15(14)21(24)25/h5-11H,4,12H2,1-3H3. The zero-order valence-electron chi connectivity index (χ0n) is 15.7. The Morgan fingerprint density at radius 2 is 1.68 bits per heavy atom. The molecule has 2 aromatic rings. The van der Waals surface area contributed by atoms with Gasteiger partial charge >= 0.3 is 5.97 Å². The van der Waals surface area contributed by atoms with Gasteiger partial charge in [-0.1, -0.05) is 18.2 Å². The van der Waals surface area contributed by atoms with Gasteiger partial charge in [-0.3, -0.25) is 14.9 Å². The number of nitro benzene ring substituents is 1. The molecule has 0 spiro atoms. The lowest BCUT2D eigenvalue weighted by Gasteiger charge is -2.20.